The molecule has 2 saturated heterocycles. The SMILES string of the molecule is CCOC1CCC(CNC[C@H](NC2CCN(C3(C)CCN(C(=O)OC(C)(C)C)CC3)CC2)c2ccccc2)CC1. The first-order valence-corrected chi connectivity index (χ1v) is 16.0. The van der Waals surface area contributed by atoms with Crippen LogP contribution in [0.5, 0.6) is 0 Å². The van der Waals surface area contributed by atoms with Crippen molar-refractivity contribution in [1.82, 2.24) is 20.4 Å². The van der Waals surface area contributed by atoms with Gasteiger partial charge in [-0.3, -0.25) is 4.90 Å². The number of carbonyl (C=O) groups excluding carboxylic acids is 1. The molecule has 3 aliphatic rings. The Labute approximate surface area is 243 Å². The monoisotopic (exact) mass is 556 g/mol. The summed E-state index contributed by atoms with van der Waals surface area (Å²) >= 11 is 0. The van der Waals surface area contributed by atoms with Crippen LogP contribution in [0.1, 0.15) is 97.6 Å². The molecule has 40 heavy (non-hydrogen) atoms. The molecule has 1 atom stereocenters. The molecule has 226 valence electrons. The number of likely N-dealkylation sites (tertiary alicyclic amines) is 2. The fourth-order valence-electron chi connectivity index (χ4n) is 6.81. The minimum absolute atomic E-state index is 0.158. The first-order valence-electron chi connectivity index (χ1n) is 16.0. The van der Waals surface area contributed by atoms with E-state index in [1.165, 1.54) is 31.2 Å². The van der Waals surface area contributed by atoms with Gasteiger partial charge >= 0.3 is 6.09 Å². The van der Waals surface area contributed by atoms with Crippen LogP contribution in [0.4, 0.5) is 4.79 Å². The van der Waals surface area contributed by atoms with Crippen molar-refractivity contribution in [3.8, 4) is 0 Å². The number of amides is 1. The Hall–Kier alpha value is -1.67. The molecule has 1 aromatic rings. The lowest BCUT2D eigenvalue weighted by Crippen LogP contribution is -2.58. The van der Waals surface area contributed by atoms with Gasteiger partial charge < -0.3 is 25.0 Å². The van der Waals surface area contributed by atoms with Crippen molar-refractivity contribution < 1.29 is 14.3 Å². The van der Waals surface area contributed by atoms with E-state index in [-0.39, 0.29) is 11.6 Å². The summed E-state index contributed by atoms with van der Waals surface area (Å²) in [7, 11) is 0. The third-order valence-corrected chi connectivity index (χ3v) is 9.37. The van der Waals surface area contributed by atoms with E-state index in [0.717, 1.165) is 77.5 Å². The molecule has 3 fully saturated rings. The van der Waals surface area contributed by atoms with Crippen molar-refractivity contribution in [3.05, 3.63) is 35.9 Å². The Balaban J connectivity index is 1.23. The van der Waals surface area contributed by atoms with Crippen molar-refractivity contribution >= 4 is 6.09 Å². The molecular weight excluding hydrogens is 500 g/mol. The van der Waals surface area contributed by atoms with E-state index in [4.69, 9.17) is 9.47 Å². The van der Waals surface area contributed by atoms with Gasteiger partial charge in [-0.05, 0) is 104 Å². The minimum atomic E-state index is -0.441. The van der Waals surface area contributed by atoms with E-state index >= 15 is 0 Å². The topological polar surface area (TPSA) is 66.1 Å². The van der Waals surface area contributed by atoms with Gasteiger partial charge in [-0.1, -0.05) is 30.3 Å². The third kappa shape index (κ3) is 9.17. The van der Waals surface area contributed by atoms with E-state index in [2.05, 4.69) is 59.7 Å². The van der Waals surface area contributed by atoms with E-state index < -0.39 is 5.60 Å². The number of benzene rings is 1. The number of ether oxygens (including phenoxy) is 2. The molecule has 1 saturated carbocycles. The molecular formula is C33H56N4O3. The lowest BCUT2D eigenvalue weighted by molar-refractivity contribution is -0.00892. The van der Waals surface area contributed by atoms with E-state index in [1.807, 2.05) is 25.7 Å². The fraction of sp³-hybridized carbons (Fsp3) is 0.788. The smallest absolute Gasteiger partial charge is 0.410 e. The van der Waals surface area contributed by atoms with E-state index in [1.54, 1.807) is 0 Å². The number of carbonyl (C=O) groups is 1. The first kappa shape index (κ1) is 31.3. The number of rotatable bonds is 10. The quantitative estimate of drug-likeness (QED) is 0.382. The Kier molecular flexibility index (Phi) is 11.3. The highest BCUT2D eigenvalue weighted by Gasteiger charge is 2.39. The van der Waals surface area contributed by atoms with Crippen LogP contribution in [0, 0.1) is 5.92 Å². The second-order valence-electron chi connectivity index (χ2n) is 13.6. The molecule has 0 unspecified atom stereocenters. The van der Waals surface area contributed by atoms with Crippen molar-refractivity contribution in [2.45, 2.75) is 115 Å². The molecule has 7 heteroatoms. The zero-order valence-electron chi connectivity index (χ0n) is 25.9. The maximum absolute atomic E-state index is 12.5. The fourth-order valence-corrected chi connectivity index (χ4v) is 6.81. The second-order valence-corrected chi connectivity index (χ2v) is 13.6. The second kappa shape index (κ2) is 14.5. The molecule has 1 aliphatic carbocycles. The van der Waals surface area contributed by atoms with Crippen LogP contribution in [-0.2, 0) is 9.47 Å². The highest BCUT2D eigenvalue weighted by atomic mass is 16.6. The Morgan fingerprint density at radius 2 is 1.65 bits per heavy atom. The highest BCUT2D eigenvalue weighted by Crippen LogP contribution is 2.32. The van der Waals surface area contributed by atoms with Crippen molar-refractivity contribution in [2.75, 3.05) is 45.9 Å². The van der Waals surface area contributed by atoms with Crippen LogP contribution < -0.4 is 10.6 Å². The molecule has 1 amide bonds. The van der Waals surface area contributed by atoms with Gasteiger partial charge in [0, 0.05) is 57.0 Å². The van der Waals surface area contributed by atoms with E-state index in [9.17, 15) is 4.79 Å². The predicted octanol–water partition coefficient (Wildman–Crippen LogP) is 5.76. The maximum atomic E-state index is 12.5. The van der Waals surface area contributed by atoms with Crippen LogP contribution in [-0.4, -0.2) is 85.1 Å². The van der Waals surface area contributed by atoms with Gasteiger partial charge in [0.1, 0.15) is 5.60 Å². The summed E-state index contributed by atoms with van der Waals surface area (Å²) in [5.41, 5.74) is 1.09. The molecule has 4 rings (SSSR count). The van der Waals surface area contributed by atoms with Crippen molar-refractivity contribution in [2.24, 2.45) is 5.92 Å². The van der Waals surface area contributed by atoms with Crippen LogP contribution in [0.25, 0.3) is 0 Å². The lowest BCUT2D eigenvalue weighted by atomic mass is 9.85. The molecule has 0 bridgehead atoms. The Morgan fingerprint density at radius 3 is 2.25 bits per heavy atom. The highest BCUT2D eigenvalue weighted by molar-refractivity contribution is 5.68. The van der Waals surface area contributed by atoms with Crippen LogP contribution in [0.15, 0.2) is 30.3 Å². The van der Waals surface area contributed by atoms with Crippen molar-refractivity contribution in [3.63, 3.8) is 0 Å². The Morgan fingerprint density at radius 1 is 1.00 bits per heavy atom. The number of nitrogens with one attached hydrogen (secondary N) is 2. The first-order chi connectivity index (χ1) is 19.1. The molecule has 1 aromatic carbocycles. The summed E-state index contributed by atoms with van der Waals surface area (Å²) in [4.78, 5) is 17.1. The molecule has 0 radical (unpaired) electrons. The van der Waals surface area contributed by atoms with Gasteiger partial charge in [-0.15, -0.1) is 0 Å². The average Bonchev–Trinajstić information content (AvgIpc) is 2.94. The minimum Gasteiger partial charge on any atom is -0.444 e. The zero-order chi connectivity index (χ0) is 28.6. The summed E-state index contributed by atoms with van der Waals surface area (Å²) in [6.07, 6.45) is 9.60. The lowest BCUT2D eigenvalue weighted by Gasteiger charge is -2.49. The van der Waals surface area contributed by atoms with Gasteiger partial charge in [0.05, 0.1) is 6.10 Å². The summed E-state index contributed by atoms with van der Waals surface area (Å²) in [6.45, 7) is 17.0. The summed E-state index contributed by atoms with van der Waals surface area (Å²) in [6, 6.07) is 11.8. The largest absolute Gasteiger partial charge is 0.444 e. The van der Waals surface area contributed by atoms with Gasteiger partial charge in [0.15, 0.2) is 0 Å². The molecule has 2 N–H and O–H groups in total. The number of hydrogen-bond acceptors (Lipinski definition) is 6. The number of nitrogens with zero attached hydrogens (tertiary/aromatic N) is 2. The van der Waals surface area contributed by atoms with E-state index in [0.29, 0.717) is 18.2 Å². The molecule has 0 aromatic heterocycles. The summed E-state index contributed by atoms with van der Waals surface area (Å²) in [5.74, 6) is 0.763. The summed E-state index contributed by atoms with van der Waals surface area (Å²) < 4.78 is 11.5. The van der Waals surface area contributed by atoms with Crippen LogP contribution in [0.2, 0.25) is 0 Å². The third-order valence-electron chi connectivity index (χ3n) is 9.37. The van der Waals surface area contributed by atoms with Crippen molar-refractivity contribution in [1.29, 1.82) is 0 Å². The van der Waals surface area contributed by atoms with Crippen LogP contribution in [0.3, 0.4) is 0 Å². The van der Waals surface area contributed by atoms with Gasteiger partial charge in [-0.25, -0.2) is 4.79 Å². The number of piperidine rings is 2. The Bertz CT molecular complexity index is 881. The van der Waals surface area contributed by atoms with Gasteiger partial charge in [0.2, 0.25) is 0 Å². The molecule has 0 spiro atoms. The van der Waals surface area contributed by atoms with Crippen LogP contribution >= 0.6 is 0 Å². The molecule has 2 heterocycles. The average molecular weight is 557 g/mol. The molecule has 2 aliphatic heterocycles. The maximum Gasteiger partial charge on any atom is 0.410 e. The summed E-state index contributed by atoms with van der Waals surface area (Å²) in [5, 5.41) is 7.86. The number of hydrogen-bond donors (Lipinski definition) is 2. The normalized spacial score (nSPS) is 25.5. The molecule has 7 nitrogen and oxygen atoms in total. The standard InChI is InChI=1S/C33H56N4O3/c1-6-39-29-14-12-26(13-15-29)24-34-25-30(27-10-8-7-9-11-27)35-28-16-20-37(21-17-28)33(5)18-22-36(23-19-33)31(38)40-32(2,3)4/h7-11,26,28-30,34-35H,6,12-25H2,1-5H3/t26?,29?,30-/m0/s1. The predicted molar refractivity (Wildman–Crippen MR) is 163 cm³/mol. The van der Waals surface area contributed by atoms with Gasteiger partial charge in [-0.2, -0.15) is 0 Å². The zero-order valence-corrected chi connectivity index (χ0v) is 25.9. The van der Waals surface area contributed by atoms with Gasteiger partial charge in [0.25, 0.3) is 0 Å².